The quantitative estimate of drug-likeness (QED) is 0.670. The summed E-state index contributed by atoms with van der Waals surface area (Å²) in [6, 6.07) is 8.81. The lowest BCUT2D eigenvalue weighted by atomic mass is 10.0. The highest BCUT2D eigenvalue weighted by Crippen LogP contribution is 2.24. The van der Waals surface area contributed by atoms with Gasteiger partial charge in [0.15, 0.2) is 0 Å². The minimum absolute atomic E-state index is 0.137. The summed E-state index contributed by atoms with van der Waals surface area (Å²) in [6.45, 7) is 3.43. The second-order valence-corrected chi connectivity index (χ2v) is 3.12. The van der Waals surface area contributed by atoms with E-state index in [9.17, 15) is 8.78 Å². The van der Waals surface area contributed by atoms with Gasteiger partial charge >= 0.3 is 0 Å². The Labute approximate surface area is 77.6 Å². The minimum atomic E-state index is -2.61. The zero-order chi connectivity index (χ0) is 9.73. The molecule has 0 amide bonds. The molecule has 13 heavy (non-hydrogen) atoms. The molecule has 0 aliphatic carbocycles. The molecule has 0 unspecified atom stereocenters. The second kappa shape index (κ2) is 4.35. The fourth-order valence-corrected chi connectivity index (χ4v) is 1.24. The Hall–Kier alpha value is -0.920. The van der Waals surface area contributed by atoms with Gasteiger partial charge in [-0.05, 0) is 12.0 Å². The summed E-state index contributed by atoms with van der Waals surface area (Å²) in [7, 11) is 0. The van der Waals surface area contributed by atoms with E-state index in [1.807, 2.05) is 6.07 Å². The summed E-state index contributed by atoms with van der Waals surface area (Å²) < 4.78 is 26.1. The fraction of sp³-hybridized carbons (Fsp3) is 0.364. The van der Waals surface area contributed by atoms with Crippen molar-refractivity contribution in [3.05, 3.63) is 42.8 Å². The summed E-state index contributed by atoms with van der Waals surface area (Å²) in [4.78, 5) is 0. The van der Waals surface area contributed by atoms with E-state index < -0.39 is 5.92 Å². The first-order chi connectivity index (χ1) is 6.14. The molecule has 0 heterocycles. The van der Waals surface area contributed by atoms with Gasteiger partial charge in [-0.25, -0.2) is 8.78 Å². The van der Waals surface area contributed by atoms with Crippen LogP contribution in [0.15, 0.2) is 30.3 Å². The standard InChI is InChI=1S/C11H13F2/c1-2-8-11(12,13)9-10-6-4-3-5-7-10/h3-7H,1-2,8-9H2. The molecular weight excluding hydrogens is 170 g/mol. The molecule has 0 saturated heterocycles. The number of alkyl halides is 2. The highest BCUT2D eigenvalue weighted by atomic mass is 19.3. The van der Waals surface area contributed by atoms with E-state index in [2.05, 4.69) is 6.92 Å². The van der Waals surface area contributed by atoms with Crippen LogP contribution in [0, 0.1) is 6.92 Å². The van der Waals surface area contributed by atoms with Crippen molar-refractivity contribution in [2.24, 2.45) is 0 Å². The first-order valence-electron chi connectivity index (χ1n) is 4.35. The third-order valence-electron chi connectivity index (χ3n) is 1.85. The van der Waals surface area contributed by atoms with E-state index in [4.69, 9.17) is 0 Å². The van der Waals surface area contributed by atoms with Crippen molar-refractivity contribution in [2.45, 2.75) is 25.2 Å². The summed E-state index contributed by atoms with van der Waals surface area (Å²) in [6.07, 6.45) is -0.0366. The van der Waals surface area contributed by atoms with Crippen LogP contribution in [0.25, 0.3) is 0 Å². The molecule has 0 fully saturated rings. The largest absolute Gasteiger partial charge is 0.252 e. The van der Waals surface area contributed by atoms with Gasteiger partial charge in [-0.15, -0.1) is 0 Å². The Balaban J connectivity index is 2.58. The Morgan fingerprint density at radius 1 is 1.15 bits per heavy atom. The van der Waals surface area contributed by atoms with Crippen LogP contribution in [0.3, 0.4) is 0 Å². The van der Waals surface area contributed by atoms with Crippen LogP contribution in [0.4, 0.5) is 8.78 Å². The van der Waals surface area contributed by atoms with E-state index in [1.165, 1.54) is 0 Å². The molecule has 1 aromatic rings. The highest BCUT2D eigenvalue weighted by molar-refractivity contribution is 5.16. The first-order valence-corrected chi connectivity index (χ1v) is 4.35. The molecule has 0 bridgehead atoms. The zero-order valence-corrected chi connectivity index (χ0v) is 7.47. The SMILES string of the molecule is [CH2]CCC(F)(F)Cc1ccccc1. The van der Waals surface area contributed by atoms with Crippen LogP contribution in [-0.2, 0) is 6.42 Å². The lowest BCUT2D eigenvalue weighted by Crippen LogP contribution is -2.18. The van der Waals surface area contributed by atoms with E-state index in [1.54, 1.807) is 24.3 Å². The molecule has 2 heteroatoms. The van der Waals surface area contributed by atoms with Crippen LogP contribution in [0.1, 0.15) is 18.4 Å². The Kier molecular flexibility index (Phi) is 3.40. The van der Waals surface area contributed by atoms with E-state index in [-0.39, 0.29) is 19.3 Å². The molecule has 1 rings (SSSR count). The second-order valence-electron chi connectivity index (χ2n) is 3.12. The van der Waals surface area contributed by atoms with E-state index >= 15 is 0 Å². The molecular formula is C11H13F2. The number of hydrogen-bond acceptors (Lipinski definition) is 0. The molecule has 0 nitrogen and oxygen atoms in total. The van der Waals surface area contributed by atoms with Crippen molar-refractivity contribution in [2.75, 3.05) is 0 Å². The predicted molar refractivity (Wildman–Crippen MR) is 49.7 cm³/mol. The third-order valence-corrected chi connectivity index (χ3v) is 1.85. The van der Waals surface area contributed by atoms with Gasteiger partial charge in [0.2, 0.25) is 0 Å². The van der Waals surface area contributed by atoms with Crippen LogP contribution >= 0.6 is 0 Å². The van der Waals surface area contributed by atoms with Crippen molar-refractivity contribution < 1.29 is 8.78 Å². The Morgan fingerprint density at radius 2 is 1.77 bits per heavy atom. The predicted octanol–water partition coefficient (Wildman–Crippen LogP) is 3.48. The molecule has 0 saturated carbocycles. The monoisotopic (exact) mass is 183 g/mol. The number of benzene rings is 1. The Bertz CT molecular complexity index is 242. The van der Waals surface area contributed by atoms with Crippen molar-refractivity contribution >= 4 is 0 Å². The average molecular weight is 183 g/mol. The third kappa shape index (κ3) is 3.53. The molecule has 1 radical (unpaired) electrons. The molecule has 0 aliphatic rings. The fourth-order valence-electron chi connectivity index (χ4n) is 1.24. The first kappa shape index (κ1) is 10.2. The number of rotatable bonds is 4. The van der Waals surface area contributed by atoms with Gasteiger partial charge < -0.3 is 0 Å². The topological polar surface area (TPSA) is 0 Å². The van der Waals surface area contributed by atoms with Gasteiger partial charge in [0.1, 0.15) is 0 Å². The summed E-state index contributed by atoms with van der Waals surface area (Å²) >= 11 is 0. The van der Waals surface area contributed by atoms with Crippen LogP contribution < -0.4 is 0 Å². The zero-order valence-electron chi connectivity index (χ0n) is 7.47. The molecule has 0 aliphatic heterocycles. The van der Waals surface area contributed by atoms with Gasteiger partial charge in [-0.2, -0.15) is 0 Å². The van der Waals surface area contributed by atoms with Crippen LogP contribution in [0.2, 0.25) is 0 Å². The van der Waals surface area contributed by atoms with Crippen LogP contribution in [-0.4, -0.2) is 5.92 Å². The summed E-state index contributed by atoms with van der Waals surface area (Å²) in [5, 5.41) is 0. The maximum atomic E-state index is 13.1. The number of halogens is 2. The van der Waals surface area contributed by atoms with Gasteiger partial charge in [-0.1, -0.05) is 37.3 Å². The van der Waals surface area contributed by atoms with Crippen molar-refractivity contribution in [3.63, 3.8) is 0 Å². The van der Waals surface area contributed by atoms with E-state index in [0.29, 0.717) is 5.56 Å². The van der Waals surface area contributed by atoms with Crippen molar-refractivity contribution in [3.8, 4) is 0 Å². The van der Waals surface area contributed by atoms with Gasteiger partial charge in [-0.3, -0.25) is 0 Å². The average Bonchev–Trinajstić information content (AvgIpc) is 2.04. The maximum Gasteiger partial charge on any atom is 0.252 e. The number of hydrogen-bond donors (Lipinski definition) is 0. The lowest BCUT2D eigenvalue weighted by Gasteiger charge is -2.14. The normalized spacial score (nSPS) is 11.6. The van der Waals surface area contributed by atoms with Crippen molar-refractivity contribution in [1.29, 1.82) is 0 Å². The van der Waals surface area contributed by atoms with Gasteiger partial charge in [0.05, 0.1) is 0 Å². The highest BCUT2D eigenvalue weighted by Gasteiger charge is 2.27. The summed E-state index contributed by atoms with van der Waals surface area (Å²) in [5.41, 5.74) is 0.681. The molecule has 0 atom stereocenters. The molecule has 71 valence electrons. The van der Waals surface area contributed by atoms with E-state index in [0.717, 1.165) is 0 Å². The molecule has 0 aromatic heterocycles. The summed E-state index contributed by atoms with van der Waals surface area (Å²) in [5.74, 6) is -2.61. The molecule has 0 N–H and O–H groups in total. The van der Waals surface area contributed by atoms with Gasteiger partial charge in [0, 0.05) is 12.8 Å². The minimum Gasteiger partial charge on any atom is -0.207 e. The smallest absolute Gasteiger partial charge is 0.207 e. The molecule has 1 aromatic carbocycles. The van der Waals surface area contributed by atoms with Gasteiger partial charge in [0.25, 0.3) is 5.92 Å². The lowest BCUT2D eigenvalue weighted by molar-refractivity contribution is -0.00625. The maximum absolute atomic E-state index is 13.1. The molecule has 0 spiro atoms. The Morgan fingerprint density at radius 3 is 2.31 bits per heavy atom. The van der Waals surface area contributed by atoms with Crippen molar-refractivity contribution in [1.82, 2.24) is 0 Å². The van der Waals surface area contributed by atoms with Crippen LogP contribution in [0.5, 0.6) is 0 Å².